The Morgan fingerprint density at radius 1 is 1.56 bits per heavy atom. The van der Waals surface area contributed by atoms with Gasteiger partial charge >= 0.3 is 0 Å². The van der Waals surface area contributed by atoms with Crippen LogP contribution in [0.5, 0.6) is 0 Å². The van der Waals surface area contributed by atoms with Gasteiger partial charge in [-0.15, -0.1) is 0 Å². The predicted molar refractivity (Wildman–Crippen MR) is 76.8 cm³/mol. The van der Waals surface area contributed by atoms with Gasteiger partial charge in [0.25, 0.3) is 0 Å². The molecule has 5 heteroatoms. The minimum Gasteiger partial charge on any atom is -0.391 e. The highest BCUT2D eigenvalue weighted by Crippen LogP contribution is 2.20. The van der Waals surface area contributed by atoms with Gasteiger partial charge < -0.3 is 15.7 Å². The number of aliphatic hydroxyl groups is 1. The molecule has 18 heavy (non-hydrogen) atoms. The van der Waals surface area contributed by atoms with Gasteiger partial charge in [-0.1, -0.05) is 20.8 Å². The van der Waals surface area contributed by atoms with E-state index in [9.17, 15) is 9.90 Å². The van der Waals surface area contributed by atoms with E-state index in [1.54, 1.807) is 0 Å². The molecule has 3 N–H and O–H groups in total. The summed E-state index contributed by atoms with van der Waals surface area (Å²) >= 11 is 1.89. The minimum atomic E-state index is -0.456. The zero-order valence-corrected chi connectivity index (χ0v) is 12.5. The van der Waals surface area contributed by atoms with Gasteiger partial charge in [-0.2, -0.15) is 11.8 Å². The average Bonchev–Trinajstić information content (AvgIpc) is 2.25. The molecule has 1 aliphatic rings. The number of rotatable bonds is 5. The molecule has 1 rings (SSSR count). The van der Waals surface area contributed by atoms with Crippen molar-refractivity contribution < 1.29 is 9.90 Å². The lowest BCUT2D eigenvalue weighted by Gasteiger charge is -2.24. The maximum Gasteiger partial charge on any atom is 0.221 e. The lowest BCUT2D eigenvalue weighted by atomic mass is 9.89. The molecule has 2 atom stereocenters. The summed E-state index contributed by atoms with van der Waals surface area (Å²) in [5.41, 5.74) is 0.0890. The van der Waals surface area contributed by atoms with Gasteiger partial charge in [-0.3, -0.25) is 4.79 Å². The van der Waals surface area contributed by atoms with Crippen LogP contribution in [0.25, 0.3) is 0 Å². The molecular formula is C13H26N2O2S. The van der Waals surface area contributed by atoms with E-state index in [-0.39, 0.29) is 17.4 Å². The van der Waals surface area contributed by atoms with Crippen molar-refractivity contribution in [2.45, 2.75) is 45.8 Å². The maximum atomic E-state index is 11.7. The summed E-state index contributed by atoms with van der Waals surface area (Å²) in [5.74, 6) is 2.16. The van der Waals surface area contributed by atoms with Crippen molar-refractivity contribution in [3.8, 4) is 0 Å². The molecular weight excluding hydrogens is 248 g/mol. The Kier molecular flexibility index (Phi) is 6.46. The number of carbonyl (C=O) groups excluding carboxylic acids is 1. The van der Waals surface area contributed by atoms with Crippen LogP contribution in [0.15, 0.2) is 0 Å². The topological polar surface area (TPSA) is 61.4 Å². The van der Waals surface area contributed by atoms with Gasteiger partial charge in [-0.05, 0) is 11.8 Å². The molecule has 0 radical (unpaired) electrons. The van der Waals surface area contributed by atoms with Crippen LogP contribution in [0.4, 0.5) is 0 Å². The van der Waals surface area contributed by atoms with Gasteiger partial charge in [0, 0.05) is 37.1 Å². The highest BCUT2D eigenvalue weighted by molar-refractivity contribution is 7.99. The number of nitrogens with one attached hydrogen (secondary N) is 2. The third-order valence-corrected chi connectivity index (χ3v) is 3.94. The van der Waals surface area contributed by atoms with Crippen molar-refractivity contribution in [2.75, 3.05) is 24.6 Å². The molecule has 106 valence electrons. The summed E-state index contributed by atoms with van der Waals surface area (Å²) < 4.78 is 0. The summed E-state index contributed by atoms with van der Waals surface area (Å²) in [6.07, 6.45) is 0.752. The molecule has 0 spiro atoms. The molecule has 1 heterocycles. The largest absolute Gasteiger partial charge is 0.391 e. The Bertz CT molecular complexity index is 260. The third-order valence-electron chi connectivity index (χ3n) is 2.81. The summed E-state index contributed by atoms with van der Waals surface area (Å²) in [7, 11) is 0. The van der Waals surface area contributed by atoms with Crippen molar-refractivity contribution in [1.82, 2.24) is 10.6 Å². The average molecular weight is 274 g/mol. The van der Waals surface area contributed by atoms with Crippen molar-refractivity contribution in [1.29, 1.82) is 0 Å². The first kappa shape index (κ1) is 15.8. The van der Waals surface area contributed by atoms with Gasteiger partial charge in [0.15, 0.2) is 0 Å². The fourth-order valence-corrected chi connectivity index (χ4v) is 3.01. The molecule has 0 aromatic heterocycles. The number of carbonyl (C=O) groups is 1. The second-order valence-electron chi connectivity index (χ2n) is 6.15. The van der Waals surface area contributed by atoms with Crippen molar-refractivity contribution in [3.63, 3.8) is 0 Å². The number of thioether (sulfide) groups is 1. The quantitative estimate of drug-likeness (QED) is 0.700. The van der Waals surface area contributed by atoms with E-state index >= 15 is 0 Å². The van der Waals surface area contributed by atoms with Gasteiger partial charge in [0.05, 0.1) is 6.10 Å². The van der Waals surface area contributed by atoms with Crippen LogP contribution in [-0.2, 0) is 4.79 Å². The Hall–Kier alpha value is -0.260. The summed E-state index contributed by atoms with van der Waals surface area (Å²) in [6.45, 7) is 7.59. The highest BCUT2D eigenvalue weighted by Gasteiger charge is 2.19. The van der Waals surface area contributed by atoms with Gasteiger partial charge in [0.1, 0.15) is 0 Å². The van der Waals surface area contributed by atoms with Crippen LogP contribution in [0.2, 0.25) is 0 Å². The van der Waals surface area contributed by atoms with Crippen molar-refractivity contribution in [2.24, 2.45) is 5.41 Å². The standard InChI is InChI=1S/C13H26N2O2S/c1-13(2,3)7-11(16)8-15-12(17)6-10-9-18-5-4-14-10/h10-11,14,16H,4-9H2,1-3H3,(H,15,17). The van der Waals surface area contributed by atoms with E-state index < -0.39 is 6.10 Å². The second-order valence-corrected chi connectivity index (χ2v) is 7.30. The summed E-state index contributed by atoms with van der Waals surface area (Å²) in [6, 6.07) is 0.281. The lowest BCUT2D eigenvalue weighted by molar-refractivity contribution is -0.122. The first-order valence-electron chi connectivity index (χ1n) is 6.63. The molecule has 1 saturated heterocycles. The molecule has 0 bridgehead atoms. The van der Waals surface area contributed by atoms with E-state index in [0.29, 0.717) is 19.4 Å². The van der Waals surface area contributed by atoms with Gasteiger partial charge in [-0.25, -0.2) is 0 Å². The highest BCUT2D eigenvalue weighted by atomic mass is 32.2. The fraction of sp³-hybridized carbons (Fsp3) is 0.923. The number of amides is 1. The monoisotopic (exact) mass is 274 g/mol. The Morgan fingerprint density at radius 3 is 2.83 bits per heavy atom. The Balaban J connectivity index is 2.16. The molecule has 1 amide bonds. The van der Waals surface area contributed by atoms with Crippen LogP contribution in [0.3, 0.4) is 0 Å². The molecule has 0 aromatic carbocycles. The lowest BCUT2D eigenvalue weighted by Crippen LogP contribution is -2.42. The van der Waals surface area contributed by atoms with Crippen molar-refractivity contribution in [3.05, 3.63) is 0 Å². The molecule has 0 aromatic rings. The van der Waals surface area contributed by atoms with E-state index in [4.69, 9.17) is 0 Å². The zero-order chi connectivity index (χ0) is 13.6. The predicted octanol–water partition coefficient (Wildman–Crippen LogP) is 0.995. The number of hydrogen-bond acceptors (Lipinski definition) is 4. The minimum absolute atomic E-state index is 0.0305. The van der Waals surface area contributed by atoms with Crippen LogP contribution in [0, 0.1) is 5.41 Å². The van der Waals surface area contributed by atoms with Crippen LogP contribution in [0.1, 0.15) is 33.6 Å². The molecule has 0 aliphatic carbocycles. The van der Waals surface area contributed by atoms with Crippen LogP contribution < -0.4 is 10.6 Å². The molecule has 2 unspecified atom stereocenters. The van der Waals surface area contributed by atoms with Crippen molar-refractivity contribution >= 4 is 17.7 Å². The smallest absolute Gasteiger partial charge is 0.221 e. The number of hydrogen-bond donors (Lipinski definition) is 3. The first-order valence-corrected chi connectivity index (χ1v) is 7.78. The van der Waals surface area contributed by atoms with Crippen LogP contribution >= 0.6 is 11.8 Å². The van der Waals surface area contributed by atoms with Gasteiger partial charge in [0.2, 0.25) is 5.91 Å². The third kappa shape index (κ3) is 7.24. The molecule has 1 fully saturated rings. The first-order chi connectivity index (χ1) is 8.37. The summed E-state index contributed by atoms with van der Waals surface area (Å²) in [5, 5.41) is 16.0. The fourth-order valence-electron chi connectivity index (χ4n) is 2.06. The van der Waals surface area contributed by atoms with E-state index in [2.05, 4.69) is 31.4 Å². The van der Waals surface area contributed by atoms with Crippen LogP contribution in [-0.4, -0.2) is 47.8 Å². The normalized spacial score (nSPS) is 22.6. The van der Waals surface area contributed by atoms with E-state index in [0.717, 1.165) is 18.1 Å². The second kappa shape index (κ2) is 7.36. The number of aliphatic hydroxyl groups excluding tert-OH is 1. The molecule has 4 nitrogen and oxygen atoms in total. The molecule has 1 aliphatic heterocycles. The Labute approximate surface area is 114 Å². The summed E-state index contributed by atoms with van der Waals surface area (Å²) in [4.78, 5) is 11.7. The van der Waals surface area contributed by atoms with E-state index in [1.807, 2.05) is 11.8 Å². The Morgan fingerprint density at radius 2 is 2.28 bits per heavy atom. The van der Waals surface area contributed by atoms with E-state index in [1.165, 1.54) is 0 Å². The zero-order valence-electron chi connectivity index (χ0n) is 11.7. The SMILES string of the molecule is CC(C)(C)CC(O)CNC(=O)CC1CSCCN1. The molecule has 0 saturated carbocycles. The maximum absolute atomic E-state index is 11.7.